The fourth-order valence-corrected chi connectivity index (χ4v) is 1.05. The molecule has 0 atom stereocenters. The van der Waals surface area contributed by atoms with E-state index in [2.05, 4.69) is 4.98 Å². The van der Waals surface area contributed by atoms with Crippen LogP contribution in [0.4, 0.5) is 3.89 Å². The summed E-state index contributed by atoms with van der Waals surface area (Å²) < 4.78 is 32.0. The second-order valence-corrected chi connectivity index (χ2v) is 3.95. The number of aromatic nitrogens is 1. The van der Waals surface area contributed by atoms with Crippen molar-refractivity contribution in [2.45, 2.75) is 13.3 Å². The Morgan fingerprint density at radius 1 is 1.24 bits per heavy atom. The first-order chi connectivity index (χ1) is 7.81. The molecule has 17 heavy (non-hydrogen) atoms. The Hall–Kier alpha value is -1.83. The number of carbonyl (C=O) groups is 2. The van der Waals surface area contributed by atoms with Crippen LogP contribution < -0.4 is 4.72 Å². The van der Waals surface area contributed by atoms with Crippen LogP contribution in [0, 0.1) is 0 Å². The summed E-state index contributed by atoms with van der Waals surface area (Å²) in [7, 11) is -5.02. The maximum Gasteiger partial charge on any atom is 0.399 e. The molecule has 94 valence electrons. The van der Waals surface area contributed by atoms with Gasteiger partial charge in [-0.25, -0.2) is 4.72 Å². The number of nitrogens with one attached hydrogen (secondary N) is 1. The van der Waals surface area contributed by atoms with Gasteiger partial charge in [0.15, 0.2) is 0 Å². The SMILES string of the molecule is CC(=O)CC(=O)NS(=O)(=O)F.c1ccncc1. The third-order valence-corrected chi connectivity index (χ3v) is 1.68. The molecule has 1 amide bonds. The number of halogens is 1. The molecule has 0 aliphatic rings. The molecule has 1 rings (SSSR count). The predicted molar refractivity (Wildman–Crippen MR) is 57.7 cm³/mol. The Morgan fingerprint density at radius 2 is 1.76 bits per heavy atom. The van der Waals surface area contributed by atoms with Gasteiger partial charge >= 0.3 is 10.4 Å². The van der Waals surface area contributed by atoms with E-state index in [0.29, 0.717) is 0 Å². The van der Waals surface area contributed by atoms with Crippen molar-refractivity contribution in [3.05, 3.63) is 30.6 Å². The number of ketones is 1. The van der Waals surface area contributed by atoms with Crippen molar-refractivity contribution in [2.24, 2.45) is 0 Å². The maximum absolute atomic E-state index is 11.6. The molecule has 0 aliphatic heterocycles. The van der Waals surface area contributed by atoms with Crippen molar-refractivity contribution in [1.82, 2.24) is 9.71 Å². The molecule has 6 nitrogen and oxygen atoms in total. The summed E-state index contributed by atoms with van der Waals surface area (Å²) in [5.41, 5.74) is 0. The monoisotopic (exact) mass is 262 g/mol. The zero-order valence-corrected chi connectivity index (χ0v) is 9.78. The molecule has 0 spiro atoms. The zero-order chi connectivity index (χ0) is 13.3. The molecule has 1 N–H and O–H groups in total. The number of amides is 1. The van der Waals surface area contributed by atoms with E-state index < -0.39 is 28.5 Å². The van der Waals surface area contributed by atoms with E-state index in [0.717, 1.165) is 11.6 Å². The van der Waals surface area contributed by atoms with E-state index in [4.69, 9.17) is 0 Å². The van der Waals surface area contributed by atoms with Crippen molar-refractivity contribution < 1.29 is 21.9 Å². The highest BCUT2D eigenvalue weighted by Gasteiger charge is 2.12. The number of rotatable bonds is 3. The standard InChI is InChI=1S/C5H5N.C4H6FNO4S/c1-2-4-6-5-3-1;1-3(7)2-4(8)6-11(5,9)10/h1-5H;2H2,1H3,(H,6,8). The second-order valence-electron chi connectivity index (χ2n) is 2.87. The predicted octanol–water partition coefficient (Wildman–Crippen LogP) is 0.378. The first-order valence-corrected chi connectivity index (χ1v) is 5.79. The third kappa shape index (κ3) is 12.1. The summed E-state index contributed by atoms with van der Waals surface area (Å²) in [5.74, 6) is -1.70. The molecule has 0 aliphatic carbocycles. The zero-order valence-electron chi connectivity index (χ0n) is 8.96. The average Bonchev–Trinajstić information content (AvgIpc) is 2.16. The number of nitrogens with zero attached hydrogens (tertiary/aromatic N) is 1. The fraction of sp³-hybridized carbons (Fsp3) is 0.222. The summed E-state index contributed by atoms with van der Waals surface area (Å²) in [6.07, 6.45) is 2.86. The molecule has 0 fully saturated rings. The Kier molecular flexibility index (Phi) is 6.64. The van der Waals surface area contributed by atoms with Crippen molar-refractivity contribution in [3.63, 3.8) is 0 Å². The normalized spacial score (nSPS) is 9.76. The lowest BCUT2D eigenvalue weighted by Crippen LogP contribution is -2.28. The molecule has 0 saturated heterocycles. The summed E-state index contributed by atoms with van der Waals surface area (Å²) in [6.45, 7) is 1.09. The molecule has 0 bridgehead atoms. The number of hydrogen-bond donors (Lipinski definition) is 1. The molecule has 8 heteroatoms. The first-order valence-electron chi connectivity index (χ1n) is 4.41. The lowest BCUT2D eigenvalue weighted by molar-refractivity contribution is -0.126. The van der Waals surface area contributed by atoms with Crippen LogP contribution in [0.25, 0.3) is 0 Å². The highest BCUT2D eigenvalue weighted by atomic mass is 32.3. The van der Waals surface area contributed by atoms with Crippen LogP contribution in [0.1, 0.15) is 13.3 Å². The van der Waals surface area contributed by atoms with Gasteiger partial charge in [-0.2, -0.15) is 8.42 Å². The molecule has 1 aromatic rings. The van der Waals surface area contributed by atoms with Gasteiger partial charge in [-0.15, -0.1) is 0 Å². The number of carbonyl (C=O) groups excluding carboxylic acids is 2. The third-order valence-electron chi connectivity index (χ3n) is 1.21. The Bertz CT molecular complexity index is 434. The molecule has 1 heterocycles. The molecule has 1 aromatic heterocycles. The van der Waals surface area contributed by atoms with E-state index >= 15 is 0 Å². The van der Waals surface area contributed by atoms with Crippen LogP contribution in [-0.2, 0) is 20.0 Å². The van der Waals surface area contributed by atoms with Gasteiger partial charge in [0.05, 0.1) is 6.42 Å². The molecule has 0 aromatic carbocycles. The van der Waals surface area contributed by atoms with Crippen molar-refractivity contribution in [3.8, 4) is 0 Å². The quantitative estimate of drug-likeness (QED) is 0.627. The van der Waals surface area contributed by atoms with Crippen molar-refractivity contribution >= 4 is 22.1 Å². The molecular weight excluding hydrogens is 251 g/mol. The van der Waals surface area contributed by atoms with Crippen LogP contribution in [0.2, 0.25) is 0 Å². The summed E-state index contributed by atoms with van der Waals surface area (Å²) in [5, 5.41) is 0. The molecule has 0 unspecified atom stereocenters. The van der Waals surface area contributed by atoms with Gasteiger partial charge in [0.1, 0.15) is 5.78 Å². The van der Waals surface area contributed by atoms with Gasteiger partial charge in [-0.1, -0.05) is 9.95 Å². The van der Waals surface area contributed by atoms with Gasteiger partial charge in [0.2, 0.25) is 5.91 Å². The van der Waals surface area contributed by atoms with Gasteiger partial charge in [0.25, 0.3) is 0 Å². The number of pyridine rings is 1. The Labute approximate surface area is 98.2 Å². The van der Waals surface area contributed by atoms with Crippen LogP contribution in [0.3, 0.4) is 0 Å². The van der Waals surface area contributed by atoms with E-state index in [-0.39, 0.29) is 0 Å². The molecule has 0 saturated carbocycles. The smallest absolute Gasteiger partial charge is 0.299 e. The number of Topliss-reactive ketones (excluding diaryl/α,β-unsaturated/α-hetero) is 1. The largest absolute Gasteiger partial charge is 0.399 e. The van der Waals surface area contributed by atoms with Gasteiger partial charge in [-0.3, -0.25) is 14.6 Å². The van der Waals surface area contributed by atoms with Crippen LogP contribution in [0.15, 0.2) is 30.6 Å². The van der Waals surface area contributed by atoms with Gasteiger partial charge in [-0.05, 0) is 19.1 Å². The second kappa shape index (κ2) is 7.44. The maximum atomic E-state index is 11.6. The Balaban J connectivity index is 0.000000354. The summed E-state index contributed by atoms with van der Waals surface area (Å²) in [4.78, 5) is 24.3. The number of hydrogen-bond acceptors (Lipinski definition) is 5. The van der Waals surface area contributed by atoms with E-state index in [1.165, 1.54) is 0 Å². The minimum Gasteiger partial charge on any atom is -0.299 e. The summed E-state index contributed by atoms with van der Waals surface area (Å²) >= 11 is 0. The highest BCUT2D eigenvalue weighted by Crippen LogP contribution is 1.87. The molecule has 0 radical (unpaired) electrons. The van der Waals surface area contributed by atoms with Crippen LogP contribution >= 0.6 is 0 Å². The lowest BCUT2D eigenvalue weighted by atomic mass is 10.3. The Morgan fingerprint density at radius 3 is 2.00 bits per heavy atom. The first kappa shape index (κ1) is 15.2. The molecular formula is C9H11FN2O4S. The van der Waals surface area contributed by atoms with E-state index in [1.807, 2.05) is 18.2 Å². The van der Waals surface area contributed by atoms with E-state index in [9.17, 15) is 21.9 Å². The van der Waals surface area contributed by atoms with Crippen molar-refractivity contribution in [2.75, 3.05) is 0 Å². The van der Waals surface area contributed by atoms with Crippen LogP contribution in [-0.4, -0.2) is 25.1 Å². The van der Waals surface area contributed by atoms with Crippen molar-refractivity contribution in [1.29, 1.82) is 0 Å². The van der Waals surface area contributed by atoms with E-state index in [1.54, 1.807) is 12.4 Å². The minimum atomic E-state index is -5.02. The van der Waals surface area contributed by atoms with Gasteiger partial charge < -0.3 is 0 Å². The summed E-state index contributed by atoms with van der Waals surface area (Å²) in [6, 6.07) is 5.72. The fourth-order valence-electron chi connectivity index (χ4n) is 0.711. The average molecular weight is 262 g/mol. The van der Waals surface area contributed by atoms with Gasteiger partial charge in [0, 0.05) is 12.4 Å². The minimum absolute atomic E-state index is 0.536. The lowest BCUT2D eigenvalue weighted by Gasteiger charge is -1.95. The highest BCUT2D eigenvalue weighted by molar-refractivity contribution is 7.84. The topological polar surface area (TPSA) is 93.2 Å². The van der Waals surface area contributed by atoms with Crippen LogP contribution in [0.5, 0.6) is 0 Å².